The van der Waals surface area contributed by atoms with E-state index in [2.05, 4.69) is 34.2 Å². The van der Waals surface area contributed by atoms with E-state index in [9.17, 15) is 9.59 Å². The molecule has 0 bridgehead atoms. The number of benzene rings is 4. The first kappa shape index (κ1) is 18.0. The van der Waals surface area contributed by atoms with Gasteiger partial charge < -0.3 is 8.83 Å². The second kappa shape index (κ2) is 6.23. The second-order valence-electron chi connectivity index (χ2n) is 8.29. The zero-order valence-corrected chi connectivity index (χ0v) is 17.2. The van der Waals surface area contributed by atoms with Crippen LogP contribution in [0.15, 0.2) is 103 Å². The fraction of sp³-hybridized carbons (Fsp3) is 0.0370. The highest BCUT2D eigenvalue weighted by Crippen LogP contribution is 2.56. The second-order valence-corrected chi connectivity index (χ2v) is 8.29. The first-order valence-electron chi connectivity index (χ1n) is 10.6. The Morgan fingerprint density at radius 2 is 1.03 bits per heavy atom. The summed E-state index contributed by atoms with van der Waals surface area (Å²) in [5.74, 6) is -0.971. The van der Waals surface area contributed by atoms with E-state index in [0.717, 1.165) is 33.4 Å². The van der Waals surface area contributed by atoms with Crippen molar-refractivity contribution in [1.82, 2.24) is 9.97 Å². The number of rotatable bonds is 2. The third-order valence-corrected chi connectivity index (χ3v) is 6.66. The van der Waals surface area contributed by atoms with Gasteiger partial charge >= 0.3 is 11.5 Å². The Morgan fingerprint density at radius 1 is 0.576 bits per heavy atom. The van der Waals surface area contributed by atoms with E-state index in [-0.39, 0.29) is 0 Å². The van der Waals surface area contributed by atoms with Gasteiger partial charge in [-0.3, -0.25) is 9.97 Å². The van der Waals surface area contributed by atoms with E-state index in [1.54, 1.807) is 0 Å². The average molecular weight is 432 g/mol. The SMILES string of the molecule is O=c1[nH]c2cc(C3(c4ccc5oc(=O)[nH]c5c4)c4ccccc4-c4ccccc43)ccc2o1. The molecule has 6 heteroatoms. The summed E-state index contributed by atoms with van der Waals surface area (Å²) in [6.45, 7) is 0. The number of aromatic nitrogens is 2. The van der Waals surface area contributed by atoms with Gasteiger partial charge in [-0.1, -0.05) is 60.7 Å². The van der Waals surface area contributed by atoms with Gasteiger partial charge in [0, 0.05) is 0 Å². The zero-order chi connectivity index (χ0) is 22.2. The Balaban J connectivity index is 1.66. The van der Waals surface area contributed by atoms with Crippen LogP contribution in [0, 0.1) is 0 Å². The molecule has 1 aliphatic carbocycles. The minimum Gasteiger partial charge on any atom is -0.408 e. The molecule has 0 saturated carbocycles. The molecule has 4 aromatic carbocycles. The summed E-state index contributed by atoms with van der Waals surface area (Å²) < 4.78 is 10.5. The molecule has 0 amide bonds. The summed E-state index contributed by atoms with van der Waals surface area (Å²) in [4.78, 5) is 29.3. The van der Waals surface area contributed by atoms with Gasteiger partial charge in [0.05, 0.1) is 16.4 Å². The van der Waals surface area contributed by atoms with Crippen LogP contribution in [0.4, 0.5) is 0 Å². The summed E-state index contributed by atoms with van der Waals surface area (Å²) in [5.41, 5.74) is 8.13. The van der Waals surface area contributed by atoms with Crippen LogP contribution in [0.2, 0.25) is 0 Å². The normalized spacial score (nSPS) is 13.9. The van der Waals surface area contributed by atoms with Crippen molar-refractivity contribution >= 4 is 22.2 Å². The number of hydrogen-bond acceptors (Lipinski definition) is 4. The first-order valence-corrected chi connectivity index (χ1v) is 10.6. The molecule has 0 spiro atoms. The molecule has 0 aliphatic heterocycles. The molecule has 158 valence electrons. The Kier molecular flexibility index (Phi) is 3.41. The molecule has 0 unspecified atom stereocenters. The monoisotopic (exact) mass is 432 g/mol. The van der Waals surface area contributed by atoms with E-state index in [1.165, 1.54) is 0 Å². The smallest absolute Gasteiger partial charge is 0.408 e. The summed E-state index contributed by atoms with van der Waals surface area (Å²) in [7, 11) is 0. The van der Waals surface area contributed by atoms with Gasteiger partial charge in [0.2, 0.25) is 0 Å². The number of fused-ring (bicyclic) bond motifs is 5. The lowest BCUT2D eigenvalue weighted by Crippen LogP contribution is -2.28. The molecule has 6 nitrogen and oxygen atoms in total. The number of aromatic amines is 2. The largest absolute Gasteiger partial charge is 0.417 e. The summed E-state index contributed by atoms with van der Waals surface area (Å²) >= 11 is 0. The molecule has 0 radical (unpaired) electrons. The van der Waals surface area contributed by atoms with Crippen molar-refractivity contribution in [2.24, 2.45) is 0 Å². The van der Waals surface area contributed by atoms with E-state index in [1.807, 2.05) is 60.7 Å². The molecular formula is C27H16N2O4. The molecular weight excluding hydrogens is 416 g/mol. The highest BCUT2D eigenvalue weighted by molar-refractivity contribution is 5.88. The molecule has 2 aromatic heterocycles. The summed E-state index contributed by atoms with van der Waals surface area (Å²) in [6.07, 6.45) is 0. The van der Waals surface area contributed by atoms with Crippen molar-refractivity contribution in [3.8, 4) is 11.1 Å². The van der Waals surface area contributed by atoms with Crippen LogP contribution < -0.4 is 11.5 Å². The predicted octanol–water partition coefficient (Wildman–Crippen LogP) is 4.92. The van der Waals surface area contributed by atoms with Gasteiger partial charge in [0.15, 0.2) is 11.2 Å². The highest BCUT2D eigenvalue weighted by atomic mass is 16.4. The maximum atomic E-state index is 11.9. The minimum absolute atomic E-state index is 0.485. The first-order chi connectivity index (χ1) is 16.1. The maximum Gasteiger partial charge on any atom is 0.417 e. The number of oxazole rings is 2. The molecule has 6 aromatic rings. The molecule has 0 fully saturated rings. The van der Waals surface area contributed by atoms with E-state index in [0.29, 0.717) is 22.2 Å². The van der Waals surface area contributed by atoms with Crippen LogP contribution in [-0.4, -0.2) is 9.97 Å². The molecule has 0 atom stereocenters. The van der Waals surface area contributed by atoms with Crippen molar-refractivity contribution in [3.05, 3.63) is 128 Å². The third kappa shape index (κ3) is 2.32. The number of hydrogen-bond donors (Lipinski definition) is 2. The van der Waals surface area contributed by atoms with Gasteiger partial charge in [0.25, 0.3) is 0 Å². The fourth-order valence-corrected chi connectivity index (χ4v) is 5.39. The lowest BCUT2D eigenvalue weighted by Gasteiger charge is -2.33. The third-order valence-electron chi connectivity index (χ3n) is 6.66. The average Bonchev–Trinajstić information content (AvgIpc) is 3.48. The molecule has 0 saturated heterocycles. The Labute approximate surface area is 186 Å². The Bertz CT molecular complexity index is 1700. The molecule has 33 heavy (non-hydrogen) atoms. The van der Waals surface area contributed by atoms with Crippen molar-refractivity contribution in [1.29, 1.82) is 0 Å². The maximum absolute atomic E-state index is 11.9. The van der Waals surface area contributed by atoms with Gasteiger partial charge in [-0.25, -0.2) is 9.59 Å². The lowest BCUT2D eigenvalue weighted by atomic mass is 9.67. The van der Waals surface area contributed by atoms with Crippen LogP contribution in [0.5, 0.6) is 0 Å². The van der Waals surface area contributed by atoms with Crippen molar-refractivity contribution in [2.75, 3.05) is 0 Å². The quantitative estimate of drug-likeness (QED) is 0.406. The number of H-pyrrole nitrogens is 2. The van der Waals surface area contributed by atoms with Crippen molar-refractivity contribution in [2.45, 2.75) is 5.41 Å². The minimum atomic E-state index is -0.669. The van der Waals surface area contributed by atoms with Gasteiger partial charge in [-0.15, -0.1) is 0 Å². The van der Waals surface area contributed by atoms with E-state index >= 15 is 0 Å². The fourth-order valence-electron chi connectivity index (χ4n) is 5.39. The van der Waals surface area contributed by atoms with E-state index in [4.69, 9.17) is 8.83 Å². The van der Waals surface area contributed by atoms with Gasteiger partial charge in [-0.05, 0) is 57.6 Å². The molecule has 2 heterocycles. The lowest BCUT2D eigenvalue weighted by molar-refractivity contribution is 0.555. The summed E-state index contributed by atoms with van der Waals surface area (Å²) in [5, 5.41) is 0. The van der Waals surface area contributed by atoms with Crippen LogP contribution in [-0.2, 0) is 5.41 Å². The topological polar surface area (TPSA) is 92.0 Å². The van der Waals surface area contributed by atoms with Crippen molar-refractivity contribution < 1.29 is 8.83 Å². The Hall–Kier alpha value is -4.58. The van der Waals surface area contributed by atoms with Gasteiger partial charge in [-0.2, -0.15) is 0 Å². The van der Waals surface area contributed by atoms with Crippen LogP contribution in [0.3, 0.4) is 0 Å². The molecule has 7 rings (SSSR count). The standard InChI is InChI=1S/C27H16N2O4/c30-25-28-21-13-15(9-11-23(21)32-25)27(16-10-12-24-22(14-16)29-26(31)33-24)19-7-3-1-5-17(19)18-6-2-4-8-20(18)27/h1-14H,(H,28,30)(H,29,31). The van der Waals surface area contributed by atoms with Crippen LogP contribution in [0.1, 0.15) is 22.3 Å². The van der Waals surface area contributed by atoms with Crippen LogP contribution in [0.25, 0.3) is 33.3 Å². The summed E-state index contributed by atoms with van der Waals surface area (Å²) in [6, 6.07) is 28.3. The predicted molar refractivity (Wildman–Crippen MR) is 125 cm³/mol. The van der Waals surface area contributed by atoms with Gasteiger partial charge in [0.1, 0.15) is 0 Å². The number of nitrogens with one attached hydrogen (secondary N) is 2. The zero-order valence-electron chi connectivity index (χ0n) is 17.2. The molecule has 2 N–H and O–H groups in total. The highest BCUT2D eigenvalue weighted by Gasteiger charge is 2.46. The van der Waals surface area contributed by atoms with E-state index < -0.39 is 16.9 Å². The Morgan fingerprint density at radius 3 is 1.52 bits per heavy atom. The van der Waals surface area contributed by atoms with Crippen molar-refractivity contribution in [3.63, 3.8) is 0 Å². The molecule has 1 aliphatic rings. The van der Waals surface area contributed by atoms with Crippen LogP contribution >= 0.6 is 0 Å².